The lowest BCUT2D eigenvalue weighted by Crippen LogP contribution is -2.12. The highest BCUT2D eigenvalue weighted by Gasteiger charge is 2.18. The molecule has 0 saturated heterocycles. The Kier molecular flexibility index (Phi) is 6.22. The van der Waals surface area contributed by atoms with Crippen LogP contribution < -0.4 is 9.50 Å². The third-order valence-corrected chi connectivity index (χ3v) is 6.11. The first-order valence-corrected chi connectivity index (χ1v) is 11.7. The van der Waals surface area contributed by atoms with Gasteiger partial charge in [-0.05, 0) is 42.8 Å². The van der Waals surface area contributed by atoms with Crippen molar-refractivity contribution in [3.05, 3.63) is 61.2 Å². The van der Waals surface area contributed by atoms with E-state index in [0.29, 0.717) is 23.4 Å². The van der Waals surface area contributed by atoms with Gasteiger partial charge in [0, 0.05) is 30.6 Å². The third-order valence-electron chi connectivity index (χ3n) is 4.85. The van der Waals surface area contributed by atoms with Crippen LogP contribution in [0.4, 0.5) is 5.95 Å². The van der Waals surface area contributed by atoms with Gasteiger partial charge in [-0.3, -0.25) is 10.1 Å². The number of aromatic amines is 1. The highest BCUT2D eigenvalue weighted by Crippen LogP contribution is 2.24. The van der Waals surface area contributed by atoms with Crippen LogP contribution >= 0.6 is 0 Å². The van der Waals surface area contributed by atoms with E-state index in [1.165, 1.54) is 24.3 Å². The molecule has 0 unspecified atom stereocenters. The van der Waals surface area contributed by atoms with Gasteiger partial charge >= 0.3 is 10.1 Å². The number of hydrogen-bond acceptors (Lipinski definition) is 6. The van der Waals surface area contributed by atoms with Gasteiger partial charge in [0.2, 0.25) is 11.9 Å². The molecule has 0 radical (unpaired) electrons. The molecule has 9 nitrogen and oxygen atoms in total. The van der Waals surface area contributed by atoms with E-state index in [1.807, 2.05) is 0 Å². The van der Waals surface area contributed by atoms with E-state index in [4.69, 9.17) is 4.18 Å². The summed E-state index contributed by atoms with van der Waals surface area (Å²) < 4.78 is 32.4. The van der Waals surface area contributed by atoms with Crippen molar-refractivity contribution in [1.29, 1.82) is 0 Å². The zero-order valence-electron chi connectivity index (χ0n) is 17.5. The van der Waals surface area contributed by atoms with Gasteiger partial charge in [0.1, 0.15) is 10.6 Å². The summed E-state index contributed by atoms with van der Waals surface area (Å²) in [7, 11) is -4.02. The van der Waals surface area contributed by atoms with Crippen LogP contribution in [-0.2, 0) is 14.9 Å². The second-order valence-electron chi connectivity index (χ2n) is 7.27. The number of aromatic nitrogens is 4. The predicted molar refractivity (Wildman–Crippen MR) is 120 cm³/mol. The second-order valence-corrected chi connectivity index (χ2v) is 8.82. The summed E-state index contributed by atoms with van der Waals surface area (Å²) in [6.45, 7) is 2.08. The maximum absolute atomic E-state index is 12.7. The highest BCUT2D eigenvalue weighted by molar-refractivity contribution is 7.87. The summed E-state index contributed by atoms with van der Waals surface area (Å²) in [4.78, 5) is 23.3. The number of fused-ring (bicyclic) bond motifs is 1. The van der Waals surface area contributed by atoms with E-state index in [9.17, 15) is 13.2 Å². The summed E-state index contributed by atoms with van der Waals surface area (Å²) in [5.74, 6) is 0.341. The molecule has 0 aliphatic carbocycles. The van der Waals surface area contributed by atoms with E-state index in [1.54, 1.807) is 41.5 Å². The van der Waals surface area contributed by atoms with Gasteiger partial charge in [0.05, 0.1) is 17.4 Å². The molecular weight excluding hydrogens is 430 g/mol. The molecule has 0 spiro atoms. The van der Waals surface area contributed by atoms with Crippen molar-refractivity contribution < 1.29 is 17.4 Å². The van der Waals surface area contributed by atoms with Gasteiger partial charge in [-0.15, -0.1) is 0 Å². The molecule has 2 heterocycles. The molecule has 2 N–H and O–H groups in total. The number of carbonyl (C=O) groups is 1. The van der Waals surface area contributed by atoms with Crippen LogP contribution in [-0.4, -0.2) is 33.8 Å². The van der Waals surface area contributed by atoms with E-state index < -0.39 is 10.1 Å². The van der Waals surface area contributed by atoms with Crippen molar-refractivity contribution in [3.8, 4) is 11.4 Å². The fraction of sp³-hybridized carbons (Fsp3) is 0.227. The quantitative estimate of drug-likeness (QED) is 0.292. The number of unbranched alkanes of at least 4 members (excludes halogenated alkanes) is 2. The molecule has 32 heavy (non-hydrogen) atoms. The number of hydrogen-bond donors (Lipinski definition) is 2. The average Bonchev–Trinajstić information content (AvgIpc) is 3.43. The van der Waals surface area contributed by atoms with Crippen LogP contribution in [0.2, 0.25) is 0 Å². The van der Waals surface area contributed by atoms with Crippen molar-refractivity contribution in [2.75, 3.05) is 5.32 Å². The molecule has 166 valence electrons. The van der Waals surface area contributed by atoms with Crippen molar-refractivity contribution in [3.63, 3.8) is 0 Å². The topological polar surface area (TPSA) is 119 Å². The molecule has 0 atom stereocenters. The van der Waals surface area contributed by atoms with Crippen molar-refractivity contribution >= 4 is 33.0 Å². The number of carbonyl (C=O) groups excluding carboxylic acids is 1. The molecule has 4 aromatic rings. The van der Waals surface area contributed by atoms with Crippen LogP contribution in [0.15, 0.2) is 66.1 Å². The maximum atomic E-state index is 12.7. The van der Waals surface area contributed by atoms with Gasteiger partial charge in [0.25, 0.3) is 0 Å². The van der Waals surface area contributed by atoms with Crippen LogP contribution in [0, 0.1) is 0 Å². The molecule has 10 heteroatoms. The molecular formula is C22H23N5O4S. The number of rotatable bonds is 9. The maximum Gasteiger partial charge on any atom is 0.339 e. The first-order chi connectivity index (χ1) is 15.4. The monoisotopic (exact) mass is 453 g/mol. The molecule has 0 bridgehead atoms. The van der Waals surface area contributed by atoms with Gasteiger partial charge in [0.15, 0.2) is 0 Å². The Morgan fingerprint density at radius 2 is 1.97 bits per heavy atom. The third kappa shape index (κ3) is 4.97. The number of nitrogens with zero attached hydrogens (tertiary/aromatic N) is 3. The standard InChI is InChI=1S/C22H23N5O4S/c1-2-3-4-5-21(28)26-22-24-19-11-8-17(14-20(19)25-22)31-32(29,30)18-9-6-16(7-10-18)27-13-12-23-15-27/h6-15H,2-5H2,1H3,(H2,24,25,26,28). The SMILES string of the molecule is CCCCCC(=O)Nc1nc2ccc(OS(=O)(=O)c3ccc(-n4ccnc4)cc3)cc2[nH]1. The van der Waals surface area contributed by atoms with Crippen LogP contribution in [0.25, 0.3) is 16.7 Å². The van der Waals surface area contributed by atoms with Gasteiger partial charge in [-0.25, -0.2) is 9.97 Å². The lowest BCUT2D eigenvalue weighted by Gasteiger charge is -2.08. The molecule has 0 aliphatic rings. The molecule has 0 aliphatic heterocycles. The largest absolute Gasteiger partial charge is 0.379 e. The summed E-state index contributed by atoms with van der Waals surface area (Å²) >= 11 is 0. The molecule has 0 saturated carbocycles. The minimum absolute atomic E-state index is 0.0334. The van der Waals surface area contributed by atoms with Crippen molar-refractivity contribution in [2.45, 2.75) is 37.5 Å². The summed E-state index contributed by atoms with van der Waals surface area (Å²) in [5.41, 5.74) is 1.92. The fourth-order valence-electron chi connectivity index (χ4n) is 3.20. The second kappa shape index (κ2) is 9.23. The Hall–Kier alpha value is -3.66. The summed E-state index contributed by atoms with van der Waals surface area (Å²) in [6.07, 6.45) is 8.32. The lowest BCUT2D eigenvalue weighted by atomic mass is 10.2. The lowest BCUT2D eigenvalue weighted by molar-refractivity contribution is -0.116. The highest BCUT2D eigenvalue weighted by atomic mass is 32.2. The van der Waals surface area contributed by atoms with Gasteiger partial charge in [-0.2, -0.15) is 8.42 Å². The number of imidazole rings is 2. The Bertz CT molecular complexity index is 1310. The Labute approximate surface area is 185 Å². The minimum atomic E-state index is -4.02. The zero-order chi connectivity index (χ0) is 22.6. The van der Waals surface area contributed by atoms with Gasteiger partial charge in [-0.1, -0.05) is 19.8 Å². The normalized spacial score (nSPS) is 11.5. The number of amides is 1. The van der Waals surface area contributed by atoms with E-state index >= 15 is 0 Å². The number of benzene rings is 2. The fourth-order valence-corrected chi connectivity index (χ4v) is 4.12. The minimum Gasteiger partial charge on any atom is -0.379 e. The predicted octanol–water partition coefficient (Wildman–Crippen LogP) is 4.04. The van der Waals surface area contributed by atoms with Crippen molar-refractivity contribution in [2.24, 2.45) is 0 Å². The first-order valence-electron chi connectivity index (χ1n) is 10.3. The Balaban J connectivity index is 1.46. The summed E-state index contributed by atoms with van der Waals surface area (Å²) in [6, 6.07) is 11.0. The molecule has 2 aromatic heterocycles. The van der Waals surface area contributed by atoms with Crippen molar-refractivity contribution in [1.82, 2.24) is 19.5 Å². The van der Waals surface area contributed by atoms with Crippen LogP contribution in [0.3, 0.4) is 0 Å². The van der Waals surface area contributed by atoms with E-state index in [0.717, 1.165) is 24.9 Å². The number of anilines is 1. The van der Waals surface area contributed by atoms with Crippen LogP contribution in [0.1, 0.15) is 32.6 Å². The summed E-state index contributed by atoms with van der Waals surface area (Å²) in [5, 5.41) is 2.73. The number of H-pyrrole nitrogens is 1. The van der Waals surface area contributed by atoms with E-state index in [2.05, 4.69) is 27.2 Å². The molecule has 0 fully saturated rings. The molecule has 2 aromatic carbocycles. The van der Waals surface area contributed by atoms with Gasteiger partial charge < -0.3 is 13.7 Å². The average molecular weight is 454 g/mol. The number of nitrogens with one attached hydrogen (secondary N) is 2. The smallest absolute Gasteiger partial charge is 0.339 e. The van der Waals surface area contributed by atoms with E-state index in [-0.39, 0.29) is 16.6 Å². The molecule has 4 rings (SSSR count). The molecule has 1 amide bonds. The Morgan fingerprint density at radius 1 is 1.16 bits per heavy atom. The first kappa shape index (κ1) is 21.6. The Morgan fingerprint density at radius 3 is 2.69 bits per heavy atom. The zero-order valence-corrected chi connectivity index (χ0v) is 18.3. The van der Waals surface area contributed by atoms with Crippen LogP contribution in [0.5, 0.6) is 5.75 Å².